The molecule has 6 nitrogen and oxygen atoms in total. The standard InChI is InChI=1S/C14H22N6/c1-5-7-11-13(15-6-2)16-9-17-14(11)18-12-8-20(4)19-10(12)3/h8-9H,5-7H2,1-4H3,(H2,15,16,17,18). The molecule has 6 heteroatoms. The van der Waals surface area contributed by atoms with E-state index in [1.54, 1.807) is 11.0 Å². The zero-order valence-electron chi connectivity index (χ0n) is 12.6. The maximum atomic E-state index is 4.39. The normalized spacial score (nSPS) is 10.6. The second-order valence-corrected chi connectivity index (χ2v) is 4.76. The first-order chi connectivity index (χ1) is 9.65. The van der Waals surface area contributed by atoms with Gasteiger partial charge >= 0.3 is 0 Å². The van der Waals surface area contributed by atoms with Gasteiger partial charge < -0.3 is 10.6 Å². The van der Waals surface area contributed by atoms with Gasteiger partial charge in [0.25, 0.3) is 0 Å². The average Bonchev–Trinajstić information content (AvgIpc) is 2.72. The zero-order valence-corrected chi connectivity index (χ0v) is 12.6. The summed E-state index contributed by atoms with van der Waals surface area (Å²) in [5.41, 5.74) is 3.06. The van der Waals surface area contributed by atoms with E-state index in [4.69, 9.17) is 0 Å². The molecule has 0 spiro atoms. The summed E-state index contributed by atoms with van der Waals surface area (Å²) in [6, 6.07) is 0. The Balaban J connectivity index is 2.34. The van der Waals surface area contributed by atoms with E-state index < -0.39 is 0 Å². The molecule has 0 atom stereocenters. The van der Waals surface area contributed by atoms with Crippen LogP contribution in [0.3, 0.4) is 0 Å². The van der Waals surface area contributed by atoms with E-state index in [2.05, 4.69) is 39.5 Å². The molecule has 2 aromatic heterocycles. The van der Waals surface area contributed by atoms with Crippen LogP contribution in [-0.2, 0) is 13.5 Å². The molecule has 2 N–H and O–H groups in total. The lowest BCUT2D eigenvalue weighted by atomic mass is 10.1. The minimum atomic E-state index is 0.846. The summed E-state index contributed by atoms with van der Waals surface area (Å²) in [6.07, 6.45) is 5.53. The molecule has 2 aromatic rings. The maximum absolute atomic E-state index is 4.39. The largest absolute Gasteiger partial charge is 0.370 e. The van der Waals surface area contributed by atoms with Crippen LogP contribution in [0.1, 0.15) is 31.5 Å². The van der Waals surface area contributed by atoms with Gasteiger partial charge in [0.2, 0.25) is 0 Å². The van der Waals surface area contributed by atoms with Crippen LogP contribution in [-0.4, -0.2) is 26.3 Å². The predicted molar refractivity (Wildman–Crippen MR) is 81.4 cm³/mol. The first kappa shape index (κ1) is 14.3. The van der Waals surface area contributed by atoms with Crippen LogP contribution in [0, 0.1) is 6.92 Å². The third-order valence-electron chi connectivity index (χ3n) is 3.06. The molecule has 2 heterocycles. The van der Waals surface area contributed by atoms with E-state index in [9.17, 15) is 0 Å². The number of aryl methyl sites for hydroxylation is 2. The van der Waals surface area contributed by atoms with Crippen LogP contribution in [0.25, 0.3) is 0 Å². The molecule has 0 radical (unpaired) electrons. The number of anilines is 3. The third-order valence-corrected chi connectivity index (χ3v) is 3.06. The summed E-state index contributed by atoms with van der Waals surface area (Å²) in [6.45, 7) is 7.05. The van der Waals surface area contributed by atoms with Crippen molar-refractivity contribution >= 4 is 17.3 Å². The van der Waals surface area contributed by atoms with Crippen LogP contribution in [0.15, 0.2) is 12.5 Å². The van der Waals surface area contributed by atoms with Gasteiger partial charge in [-0.2, -0.15) is 5.10 Å². The monoisotopic (exact) mass is 274 g/mol. The van der Waals surface area contributed by atoms with E-state index in [1.807, 2.05) is 20.2 Å². The van der Waals surface area contributed by atoms with Gasteiger partial charge in [0, 0.05) is 25.4 Å². The topological polar surface area (TPSA) is 67.7 Å². The van der Waals surface area contributed by atoms with Crippen molar-refractivity contribution in [2.75, 3.05) is 17.2 Å². The summed E-state index contributed by atoms with van der Waals surface area (Å²) in [7, 11) is 1.91. The number of aromatic nitrogens is 4. The van der Waals surface area contributed by atoms with Gasteiger partial charge in [0.05, 0.1) is 11.4 Å². The number of nitrogens with zero attached hydrogens (tertiary/aromatic N) is 4. The van der Waals surface area contributed by atoms with Crippen molar-refractivity contribution in [3.05, 3.63) is 23.8 Å². The fourth-order valence-corrected chi connectivity index (χ4v) is 2.18. The smallest absolute Gasteiger partial charge is 0.139 e. The summed E-state index contributed by atoms with van der Waals surface area (Å²) < 4.78 is 1.80. The Labute approximate surface area is 119 Å². The van der Waals surface area contributed by atoms with Crippen molar-refractivity contribution in [3.8, 4) is 0 Å². The minimum Gasteiger partial charge on any atom is -0.370 e. The molecule has 0 unspecified atom stereocenters. The van der Waals surface area contributed by atoms with Gasteiger partial charge in [-0.3, -0.25) is 4.68 Å². The molecule has 0 bridgehead atoms. The lowest BCUT2D eigenvalue weighted by Gasteiger charge is -2.14. The summed E-state index contributed by atoms with van der Waals surface area (Å²) in [4.78, 5) is 8.72. The molecule has 0 aliphatic heterocycles. The van der Waals surface area contributed by atoms with Gasteiger partial charge in [0.15, 0.2) is 0 Å². The predicted octanol–water partition coefficient (Wildman–Crippen LogP) is 2.65. The fraction of sp³-hybridized carbons (Fsp3) is 0.500. The van der Waals surface area contributed by atoms with E-state index in [0.717, 1.165) is 48.0 Å². The van der Waals surface area contributed by atoms with Crippen LogP contribution < -0.4 is 10.6 Å². The van der Waals surface area contributed by atoms with Crippen molar-refractivity contribution in [2.24, 2.45) is 7.05 Å². The Bertz CT molecular complexity index is 575. The number of nitrogens with one attached hydrogen (secondary N) is 2. The molecule has 0 aromatic carbocycles. The second kappa shape index (κ2) is 6.36. The van der Waals surface area contributed by atoms with E-state index in [0.29, 0.717) is 0 Å². The molecular formula is C14H22N6. The SMILES string of the molecule is CCCc1c(NCC)ncnc1Nc1cn(C)nc1C. The van der Waals surface area contributed by atoms with Gasteiger partial charge in [-0.1, -0.05) is 13.3 Å². The molecule has 0 amide bonds. The molecule has 0 aliphatic rings. The Hall–Kier alpha value is -2.11. The Morgan fingerprint density at radius 1 is 1.20 bits per heavy atom. The van der Waals surface area contributed by atoms with Crippen molar-refractivity contribution < 1.29 is 0 Å². The zero-order chi connectivity index (χ0) is 14.5. The highest BCUT2D eigenvalue weighted by atomic mass is 15.3. The summed E-state index contributed by atoms with van der Waals surface area (Å²) in [5, 5.41) is 11.0. The average molecular weight is 274 g/mol. The Kier molecular flexibility index (Phi) is 4.55. The molecule has 0 saturated carbocycles. The molecule has 20 heavy (non-hydrogen) atoms. The van der Waals surface area contributed by atoms with E-state index in [1.165, 1.54) is 0 Å². The third kappa shape index (κ3) is 3.07. The maximum Gasteiger partial charge on any atom is 0.139 e. The molecule has 0 fully saturated rings. The highest BCUT2D eigenvalue weighted by molar-refractivity contribution is 5.65. The number of hydrogen-bond acceptors (Lipinski definition) is 5. The molecular weight excluding hydrogens is 252 g/mol. The highest BCUT2D eigenvalue weighted by Crippen LogP contribution is 2.25. The van der Waals surface area contributed by atoms with Gasteiger partial charge in [-0.05, 0) is 20.3 Å². The summed E-state index contributed by atoms with van der Waals surface area (Å²) in [5.74, 6) is 1.77. The first-order valence-corrected chi connectivity index (χ1v) is 7.00. The van der Waals surface area contributed by atoms with Crippen molar-refractivity contribution in [1.29, 1.82) is 0 Å². The van der Waals surface area contributed by atoms with Gasteiger partial charge in [0.1, 0.15) is 18.0 Å². The first-order valence-electron chi connectivity index (χ1n) is 7.00. The van der Waals surface area contributed by atoms with Crippen molar-refractivity contribution in [2.45, 2.75) is 33.6 Å². The molecule has 108 valence electrons. The van der Waals surface area contributed by atoms with Crippen LogP contribution in [0.4, 0.5) is 17.3 Å². The molecule has 2 rings (SSSR count). The number of hydrogen-bond donors (Lipinski definition) is 2. The Morgan fingerprint density at radius 2 is 1.95 bits per heavy atom. The van der Waals surface area contributed by atoms with Gasteiger partial charge in [-0.25, -0.2) is 9.97 Å². The van der Waals surface area contributed by atoms with Gasteiger partial charge in [-0.15, -0.1) is 0 Å². The second-order valence-electron chi connectivity index (χ2n) is 4.76. The fourth-order valence-electron chi connectivity index (χ4n) is 2.18. The lowest BCUT2D eigenvalue weighted by molar-refractivity contribution is 0.756. The van der Waals surface area contributed by atoms with Crippen LogP contribution in [0.2, 0.25) is 0 Å². The lowest BCUT2D eigenvalue weighted by Crippen LogP contribution is -2.08. The quantitative estimate of drug-likeness (QED) is 0.847. The van der Waals surface area contributed by atoms with Crippen LogP contribution >= 0.6 is 0 Å². The highest BCUT2D eigenvalue weighted by Gasteiger charge is 2.12. The van der Waals surface area contributed by atoms with E-state index in [-0.39, 0.29) is 0 Å². The van der Waals surface area contributed by atoms with Crippen molar-refractivity contribution in [1.82, 2.24) is 19.7 Å². The van der Waals surface area contributed by atoms with Crippen LogP contribution in [0.5, 0.6) is 0 Å². The summed E-state index contributed by atoms with van der Waals surface area (Å²) >= 11 is 0. The number of rotatable bonds is 6. The molecule has 0 saturated heterocycles. The van der Waals surface area contributed by atoms with E-state index >= 15 is 0 Å². The Morgan fingerprint density at radius 3 is 2.55 bits per heavy atom. The van der Waals surface area contributed by atoms with Crippen molar-refractivity contribution in [3.63, 3.8) is 0 Å². The molecule has 0 aliphatic carbocycles. The minimum absolute atomic E-state index is 0.846.